The largest absolute Gasteiger partial charge is 0.407 e. The summed E-state index contributed by atoms with van der Waals surface area (Å²) < 4.78 is 41.4. The molecule has 0 aliphatic rings. The first-order valence-corrected chi connectivity index (χ1v) is 4.49. The van der Waals surface area contributed by atoms with Crippen molar-refractivity contribution in [2.75, 3.05) is 7.11 Å². The number of methoxy groups -OCH3 is 1. The molecule has 0 aliphatic carbocycles. The molecule has 1 aromatic carbocycles. The topological polar surface area (TPSA) is 55.5 Å². The Balaban J connectivity index is 2.87. The van der Waals surface area contributed by atoms with Crippen molar-refractivity contribution in [3.8, 4) is 0 Å². The van der Waals surface area contributed by atoms with Gasteiger partial charge in [-0.25, -0.2) is 0 Å². The van der Waals surface area contributed by atoms with Gasteiger partial charge in [0.05, 0.1) is 0 Å². The lowest BCUT2D eigenvalue weighted by atomic mass is 10.1. The average molecular weight is 235 g/mol. The van der Waals surface area contributed by atoms with Crippen molar-refractivity contribution in [1.82, 2.24) is 0 Å². The number of halogens is 3. The summed E-state index contributed by atoms with van der Waals surface area (Å²) in [6.45, 7) is 0. The maximum atomic E-state index is 12.3. The predicted molar refractivity (Wildman–Crippen MR) is 51.4 cm³/mol. The second kappa shape index (κ2) is 4.82. The Morgan fingerprint density at radius 1 is 1.19 bits per heavy atom. The predicted octanol–water partition coefficient (Wildman–Crippen LogP) is 1.89. The Morgan fingerprint density at radius 3 is 2.00 bits per heavy atom. The van der Waals surface area contributed by atoms with Crippen molar-refractivity contribution >= 4 is 0 Å². The average Bonchev–Trinajstić information content (AvgIpc) is 2.26. The number of aliphatic hydroxyl groups is 1. The zero-order valence-corrected chi connectivity index (χ0v) is 8.53. The van der Waals surface area contributed by atoms with Crippen LogP contribution in [0, 0.1) is 0 Å². The molecule has 0 radical (unpaired) electrons. The molecule has 3 nitrogen and oxygen atoms in total. The normalized spacial score (nSPS) is 15.9. The molecule has 1 rings (SSSR count). The Labute approximate surface area is 90.6 Å². The van der Waals surface area contributed by atoms with Crippen LogP contribution in [-0.2, 0) is 4.74 Å². The fraction of sp³-hybridized carbons (Fsp3) is 0.400. The molecule has 0 saturated carbocycles. The lowest BCUT2D eigenvalue weighted by molar-refractivity contribution is -0.149. The highest BCUT2D eigenvalue weighted by Crippen LogP contribution is 2.30. The van der Waals surface area contributed by atoms with Gasteiger partial charge in [0.2, 0.25) is 0 Å². The molecule has 0 aromatic heterocycles. The number of alkyl halides is 3. The van der Waals surface area contributed by atoms with E-state index in [1.807, 2.05) is 0 Å². The summed E-state index contributed by atoms with van der Waals surface area (Å²) in [5, 5.41) is 9.24. The zero-order valence-electron chi connectivity index (χ0n) is 8.53. The summed E-state index contributed by atoms with van der Waals surface area (Å²) >= 11 is 0. The fourth-order valence-corrected chi connectivity index (χ4v) is 1.19. The maximum Gasteiger partial charge on any atom is 0.407 e. The van der Waals surface area contributed by atoms with Gasteiger partial charge in [-0.3, -0.25) is 0 Å². The van der Waals surface area contributed by atoms with E-state index in [4.69, 9.17) is 5.73 Å². The molecule has 0 amide bonds. The first kappa shape index (κ1) is 13.0. The number of hydrogen-bond acceptors (Lipinski definition) is 3. The van der Waals surface area contributed by atoms with Crippen LogP contribution >= 0.6 is 0 Å². The van der Waals surface area contributed by atoms with Crippen molar-refractivity contribution in [3.05, 3.63) is 35.4 Å². The minimum absolute atomic E-state index is 0.0560. The third kappa shape index (κ3) is 2.94. The van der Waals surface area contributed by atoms with E-state index in [0.29, 0.717) is 5.56 Å². The molecule has 16 heavy (non-hydrogen) atoms. The van der Waals surface area contributed by atoms with E-state index in [1.165, 1.54) is 31.4 Å². The van der Waals surface area contributed by atoms with Crippen LogP contribution in [0.1, 0.15) is 23.5 Å². The molecule has 0 saturated heterocycles. The van der Waals surface area contributed by atoms with Crippen LogP contribution < -0.4 is 5.73 Å². The smallest absolute Gasteiger partial charge is 0.364 e. The number of benzene rings is 1. The highest BCUT2D eigenvalue weighted by Gasteiger charge is 2.37. The summed E-state index contributed by atoms with van der Waals surface area (Å²) in [7, 11) is 1.29. The molecule has 0 aliphatic heterocycles. The highest BCUT2D eigenvalue weighted by atomic mass is 19.4. The fourth-order valence-electron chi connectivity index (χ4n) is 1.19. The SMILES string of the molecule is COC(O)c1ccc(C(N)C(F)(F)F)cc1. The van der Waals surface area contributed by atoms with Gasteiger partial charge in [0.25, 0.3) is 0 Å². The van der Waals surface area contributed by atoms with Crippen LogP contribution in [0.4, 0.5) is 13.2 Å². The van der Waals surface area contributed by atoms with Gasteiger partial charge in [-0.2, -0.15) is 13.2 Å². The van der Waals surface area contributed by atoms with E-state index >= 15 is 0 Å². The van der Waals surface area contributed by atoms with Gasteiger partial charge in [0, 0.05) is 12.7 Å². The molecule has 3 N–H and O–H groups in total. The molecule has 1 aromatic rings. The van der Waals surface area contributed by atoms with Crippen LogP contribution in [0.5, 0.6) is 0 Å². The number of hydrogen-bond donors (Lipinski definition) is 2. The van der Waals surface area contributed by atoms with Gasteiger partial charge in [-0.1, -0.05) is 24.3 Å². The standard InChI is InChI=1S/C10H12F3NO2/c1-16-9(15)7-4-2-6(3-5-7)8(14)10(11,12)13/h2-5,8-9,15H,14H2,1H3. The third-order valence-corrected chi connectivity index (χ3v) is 2.16. The van der Waals surface area contributed by atoms with Gasteiger partial charge in [0.1, 0.15) is 6.04 Å². The first-order chi connectivity index (χ1) is 7.36. The molecule has 0 spiro atoms. The van der Waals surface area contributed by atoms with E-state index in [2.05, 4.69) is 4.74 Å². The molecule has 0 fully saturated rings. The van der Waals surface area contributed by atoms with Crippen LogP contribution in [0.15, 0.2) is 24.3 Å². The van der Waals surface area contributed by atoms with Gasteiger partial charge in [-0.15, -0.1) is 0 Å². The van der Waals surface area contributed by atoms with Crippen molar-refractivity contribution < 1.29 is 23.0 Å². The van der Waals surface area contributed by atoms with Gasteiger partial charge >= 0.3 is 6.18 Å². The third-order valence-electron chi connectivity index (χ3n) is 2.16. The Morgan fingerprint density at radius 2 is 1.62 bits per heavy atom. The lowest BCUT2D eigenvalue weighted by Gasteiger charge is -2.16. The summed E-state index contributed by atoms with van der Waals surface area (Å²) in [4.78, 5) is 0. The van der Waals surface area contributed by atoms with Crippen LogP contribution in [0.25, 0.3) is 0 Å². The zero-order chi connectivity index (χ0) is 12.3. The molecular weight excluding hydrogens is 223 g/mol. The quantitative estimate of drug-likeness (QED) is 0.786. The van der Waals surface area contributed by atoms with Crippen LogP contribution in [-0.4, -0.2) is 18.4 Å². The van der Waals surface area contributed by atoms with Crippen molar-refractivity contribution in [3.63, 3.8) is 0 Å². The number of aliphatic hydroxyl groups excluding tert-OH is 1. The van der Waals surface area contributed by atoms with Gasteiger partial charge < -0.3 is 15.6 Å². The summed E-state index contributed by atoms with van der Waals surface area (Å²) in [5.41, 5.74) is 5.33. The monoisotopic (exact) mass is 235 g/mol. The first-order valence-electron chi connectivity index (χ1n) is 4.49. The molecule has 0 heterocycles. The number of nitrogens with two attached hydrogens (primary N) is 1. The number of ether oxygens (including phenoxy) is 1. The van der Waals surface area contributed by atoms with Gasteiger partial charge in [0.15, 0.2) is 6.29 Å². The van der Waals surface area contributed by atoms with Gasteiger partial charge in [-0.05, 0) is 5.56 Å². The molecule has 2 atom stereocenters. The summed E-state index contributed by atoms with van der Waals surface area (Å²) in [5.74, 6) is 0. The van der Waals surface area contributed by atoms with Crippen LogP contribution in [0.2, 0.25) is 0 Å². The Hall–Kier alpha value is -1.11. The van der Waals surface area contributed by atoms with Crippen molar-refractivity contribution in [2.24, 2.45) is 5.73 Å². The molecule has 90 valence electrons. The Kier molecular flexibility index (Phi) is 3.90. The van der Waals surface area contributed by atoms with Crippen molar-refractivity contribution in [1.29, 1.82) is 0 Å². The van der Waals surface area contributed by atoms with E-state index in [9.17, 15) is 18.3 Å². The molecule has 0 bridgehead atoms. The van der Waals surface area contributed by atoms with Crippen LogP contribution in [0.3, 0.4) is 0 Å². The summed E-state index contributed by atoms with van der Waals surface area (Å²) in [6, 6.07) is 3.11. The van der Waals surface area contributed by atoms with Crippen molar-refractivity contribution in [2.45, 2.75) is 18.5 Å². The number of rotatable bonds is 3. The lowest BCUT2D eigenvalue weighted by Crippen LogP contribution is -2.28. The molecule has 6 heteroatoms. The van der Waals surface area contributed by atoms with E-state index in [1.54, 1.807) is 0 Å². The second-order valence-corrected chi connectivity index (χ2v) is 3.27. The minimum atomic E-state index is -4.47. The van der Waals surface area contributed by atoms with E-state index in [-0.39, 0.29) is 5.56 Å². The second-order valence-electron chi connectivity index (χ2n) is 3.27. The molecule has 2 unspecified atom stereocenters. The highest BCUT2D eigenvalue weighted by molar-refractivity contribution is 5.26. The van der Waals surface area contributed by atoms with E-state index < -0.39 is 18.5 Å². The molecular formula is C10H12F3NO2. The van der Waals surface area contributed by atoms with E-state index in [0.717, 1.165) is 0 Å². The Bertz CT molecular complexity index is 337. The minimum Gasteiger partial charge on any atom is -0.364 e. The summed E-state index contributed by atoms with van der Waals surface area (Å²) in [6.07, 6.45) is -5.61. The maximum absolute atomic E-state index is 12.3.